The average molecular weight is 355 g/mol. The first-order valence-corrected chi connectivity index (χ1v) is 9.65. The van der Waals surface area contributed by atoms with Crippen LogP contribution >= 0.6 is 0 Å². The van der Waals surface area contributed by atoms with Gasteiger partial charge in [0, 0.05) is 30.9 Å². The van der Waals surface area contributed by atoms with E-state index in [9.17, 15) is 4.79 Å². The molecule has 2 aromatic heterocycles. The summed E-state index contributed by atoms with van der Waals surface area (Å²) in [4.78, 5) is 23.4. The summed E-state index contributed by atoms with van der Waals surface area (Å²) < 4.78 is 5.21. The van der Waals surface area contributed by atoms with Gasteiger partial charge in [0.2, 0.25) is 5.82 Å². The van der Waals surface area contributed by atoms with Crippen molar-refractivity contribution in [3.63, 3.8) is 0 Å². The maximum atomic E-state index is 12.4. The smallest absolute Gasteiger partial charge is 0.316 e. The Balaban J connectivity index is 1.45. The lowest BCUT2D eigenvalue weighted by molar-refractivity contribution is 0.0889. The first-order chi connectivity index (χ1) is 12.8. The van der Waals surface area contributed by atoms with Crippen molar-refractivity contribution in [3.05, 3.63) is 24.2 Å². The third-order valence-electron chi connectivity index (χ3n) is 5.24. The largest absolute Gasteiger partial charge is 0.357 e. The second-order valence-corrected chi connectivity index (χ2v) is 7.18. The van der Waals surface area contributed by atoms with E-state index in [4.69, 9.17) is 4.52 Å². The molecule has 26 heavy (non-hydrogen) atoms. The Morgan fingerprint density at radius 1 is 1.12 bits per heavy atom. The Morgan fingerprint density at radius 2 is 1.88 bits per heavy atom. The lowest BCUT2D eigenvalue weighted by Gasteiger charge is -2.16. The molecule has 1 amide bonds. The molecule has 1 saturated heterocycles. The van der Waals surface area contributed by atoms with Crippen LogP contribution in [-0.4, -0.2) is 40.2 Å². The van der Waals surface area contributed by atoms with Gasteiger partial charge in [-0.1, -0.05) is 30.8 Å². The Bertz CT molecular complexity index is 746. The number of aromatic nitrogens is 3. The molecule has 2 fully saturated rings. The third-order valence-corrected chi connectivity index (χ3v) is 5.24. The van der Waals surface area contributed by atoms with E-state index < -0.39 is 0 Å². The van der Waals surface area contributed by atoms with Crippen LogP contribution in [0.2, 0.25) is 0 Å². The zero-order chi connectivity index (χ0) is 17.8. The van der Waals surface area contributed by atoms with Gasteiger partial charge < -0.3 is 14.7 Å². The van der Waals surface area contributed by atoms with Crippen molar-refractivity contribution in [1.29, 1.82) is 0 Å². The molecule has 2 aliphatic rings. The number of pyridine rings is 1. The molecule has 0 aromatic carbocycles. The van der Waals surface area contributed by atoms with Gasteiger partial charge >= 0.3 is 11.8 Å². The van der Waals surface area contributed by atoms with Crippen LogP contribution < -0.4 is 10.2 Å². The molecule has 138 valence electrons. The molecule has 0 atom stereocenters. The molecule has 0 spiro atoms. The summed E-state index contributed by atoms with van der Waals surface area (Å²) in [5.41, 5.74) is 0.819. The standard InChI is InChI=1S/C19H25N5O2/c25-18(21-15-7-3-1-2-4-8-15)19-22-17(23-26-19)14-9-10-20-16(13-14)24-11-5-6-12-24/h9-10,13,15H,1-8,11-12H2,(H,21,25). The fraction of sp³-hybridized carbons (Fsp3) is 0.579. The molecule has 3 heterocycles. The summed E-state index contributed by atoms with van der Waals surface area (Å²) in [7, 11) is 0. The van der Waals surface area contributed by atoms with Crippen LogP contribution in [0.25, 0.3) is 11.4 Å². The number of hydrogen-bond acceptors (Lipinski definition) is 6. The van der Waals surface area contributed by atoms with E-state index in [2.05, 4.69) is 25.3 Å². The van der Waals surface area contributed by atoms with Crippen molar-refractivity contribution in [3.8, 4) is 11.4 Å². The second kappa shape index (κ2) is 7.85. The first kappa shape index (κ1) is 17.0. The lowest BCUT2D eigenvalue weighted by Crippen LogP contribution is -2.34. The molecule has 0 unspecified atom stereocenters. The van der Waals surface area contributed by atoms with Crippen LogP contribution in [0.15, 0.2) is 22.9 Å². The Labute approximate surface area is 153 Å². The van der Waals surface area contributed by atoms with Crippen LogP contribution in [0, 0.1) is 0 Å². The molecule has 2 aromatic rings. The van der Waals surface area contributed by atoms with Crippen LogP contribution in [0.1, 0.15) is 62.1 Å². The number of nitrogens with one attached hydrogen (secondary N) is 1. The summed E-state index contributed by atoms with van der Waals surface area (Å²) in [6, 6.07) is 4.02. The van der Waals surface area contributed by atoms with Gasteiger partial charge in [0.25, 0.3) is 0 Å². The minimum atomic E-state index is -0.274. The van der Waals surface area contributed by atoms with E-state index in [1.54, 1.807) is 6.20 Å². The van der Waals surface area contributed by atoms with E-state index in [0.717, 1.165) is 50.2 Å². The molecule has 1 N–H and O–H groups in total. The van der Waals surface area contributed by atoms with Gasteiger partial charge in [-0.2, -0.15) is 4.98 Å². The molecule has 7 heteroatoms. The normalized spacial score (nSPS) is 18.7. The van der Waals surface area contributed by atoms with E-state index in [1.807, 2.05) is 12.1 Å². The van der Waals surface area contributed by atoms with Gasteiger partial charge in [0.05, 0.1) is 0 Å². The topological polar surface area (TPSA) is 84.2 Å². The molecule has 4 rings (SSSR count). The fourth-order valence-electron chi connectivity index (χ4n) is 3.78. The number of rotatable bonds is 4. The van der Waals surface area contributed by atoms with Crippen molar-refractivity contribution in [2.45, 2.75) is 57.4 Å². The van der Waals surface area contributed by atoms with E-state index in [1.165, 1.54) is 25.7 Å². The molecule has 1 aliphatic heterocycles. The van der Waals surface area contributed by atoms with Gasteiger partial charge in [0.15, 0.2) is 0 Å². The summed E-state index contributed by atoms with van der Waals surface area (Å²) in [6.45, 7) is 2.05. The van der Waals surface area contributed by atoms with Gasteiger partial charge in [0.1, 0.15) is 5.82 Å². The Hall–Kier alpha value is -2.44. The monoisotopic (exact) mass is 355 g/mol. The maximum absolute atomic E-state index is 12.4. The zero-order valence-electron chi connectivity index (χ0n) is 15.0. The van der Waals surface area contributed by atoms with Crippen LogP contribution in [-0.2, 0) is 0 Å². The summed E-state index contributed by atoms with van der Waals surface area (Å²) in [5.74, 6) is 1.11. The van der Waals surface area contributed by atoms with E-state index in [0.29, 0.717) is 5.82 Å². The van der Waals surface area contributed by atoms with Crippen molar-refractivity contribution >= 4 is 11.7 Å². The van der Waals surface area contributed by atoms with Crippen LogP contribution in [0.3, 0.4) is 0 Å². The number of nitrogens with zero attached hydrogens (tertiary/aromatic N) is 4. The van der Waals surface area contributed by atoms with Crippen LogP contribution in [0.4, 0.5) is 5.82 Å². The third kappa shape index (κ3) is 3.86. The minimum Gasteiger partial charge on any atom is -0.357 e. The quantitative estimate of drug-likeness (QED) is 0.848. The highest BCUT2D eigenvalue weighted by Crippen LogP contribution is 2.23. The minimum absolute atomic E-state index is 0.0313. The number of hydrogen-bond donors (Lipinski definition) is 1. The Kier molecular flexibility index (Phi) is 5.13. The number of carbonyl (C=O) groups is 1. The summed E-state index contributed by atoms with van der Waals surface area (Å²) in [6.07, 6.45) is 11.0. The zero-order valence-corrected chi connectivity index (χ0v) is 15.0. The maximum Gasteiger partial charge on any atom is 0.316 e. The molecule has 1 saturated carbocycles. The van der Waals surface area contributed by atoms with Crippen molar-refractivity contribution in [2.75, 3.05) is 18.0 Å². The molecular weight excluding hydrogens is 330 g/mol. The number of anilines is 1. The highest BCUT2D eigenvalue weighted by molar-refractivity contribution is 5.90. The molecule has 7 nitrogen and oxygen atoms in total. The van der Waals surface area contributed by atoms with Gasteiger partial charge in [-0.05, 0) is 37.8 Å². The van der Waals surface area contributed by atoms with Crippen molar-refractivity contribution in [2.24, 2.45) is 0 Å². The highest BCUT2D eigenvalue weighted by atomic mass is 16.5. The van der Waals surface area contributed by atoms with E-state index in [-0.39, 0.29) is 17.8 Å². The SMILES string of the molecule is O=C(NC1CCCCCC1)c1nc(-c2ccnc(N3CCCC3)c2)no1. The van der Waals surface area contributed by atoms with Crippen molar-refractivity contribution < 1.29 is 9.32 Å². The number of amides is 1. The molecule has 0 bridgehead atoms. The second-order valence-electron chi connectivity index (χ2n) is 7.18. The summed E-state index contributed by atoms with van der Waals surface area (Å²) in [5, 5.41) is 7.03. The average Bonchev–Trinajstić information content (AvgIpc) is 3.31. The van der Waals surface area contributed by atoms with Gasteiger partial charge in [-0.3, -0.25) is 4.79 Å². The van der Waals surface area contributed by atoms with Gasteiger partial charge in [-0.25, -0.2) is 4.98 Å². The highest BCUT2D eigenvalue weighted by Gasteiger charge is 2.21. The van der Waals surface area contributed by atoms with E-state index >= 15 is 0 Å². The fourth-order valence-corrected chi connectivity index (χ4v) is 3.78. The molecule has 1 aliphatic carbocycles. The Morgan fingerprint density at radius 3 is 2.65 bits per heavy atom. The molecule has 0 radical (unpaired) electrons. The van der Waals surface area contributed by atoms with Crippen molar-refractivity contribution in [1.82, 2.24) is 20.4 Å². The predicted octanol–water partition coefficient (Wildman–Crippen LogP) is 3.18. The first-order valence-electron chi connectivity index (χ1n) is 9.65. The summed E-state index contributed by atoms with van der Waals surface area (Å²) >= 11 is 0. The predicted molar refractivity (Wildman–Crippen MR) is 97.9 cm³/mol. The van der Waals surface area contributed by atoms with Gasteiger partial charge in [-0.15, -0.1) is 0 Å². The van der Waals surface area contributed by atoms with Crippen LogP contribution in [0.5, 0.6) is 0 Å². The molecular formula is C19H25N5O2. The number of carbonyl (C=O) groups excluding carboxylic acids is 1. The lowest BCUT2D eigenvalue weighted by atomic mass is 10.1.